The Morgan fingerprint density at radius 1 is 1.25 bits per heavy atom. The van der Waals surface area contributed by atoms with Gasteiger partial charge in [-0.25, -0.2) is 0 Å². The molecule has 3 nitrogen and oxygen atoms in total. The summed E-state index contributed by atoms with van der Waals surface area (Å²) in [6.07, 6.45) is 3.17. The Kier molecular flexibility index (Phi) is 3.38. The van der Waals surface area contributed by atoms with Gasteiger partial charge in [-0.1, -0.05) is 12.1 Å². The quantitative estimate of drug-likeness (QED) is 0.721. The summed E-state index contributed by atoms with van der Waals surface area (Å²) < 4.78 is 10.7. The zero-order valence-corrected chi connectivity index (χ0v) is 8.76. The maximum absolute atomic E-state index is 10.5. The van der Waals surface area contributed by atoms with Crippen LogP contribution in [0.25, 0.3) is 0 Å². The van der Waals surface area contributed by atoms with Crippen molar-refractivity contribution in [3.8, 4) is 5.75 Å². The van der Waals surface area contributed by atoms with Gasteiger partial charge >= 0.3 is 0 Å². The van der Waals surface area contributed by atoms with Crippen molar-refractivity contribution >= 4 is 6.29 Å². The van der Waals surface area contributed by atoms with E-state index in [0.29, 0.717) is 17.9 Å². The topological polar surface area (TPSA) is 39.4 Å². The Morgan fingerprint density at radius 3 is 2.94 bits per heavy atom. The second kappa shape index (κ2) is 5.16. The molecule has 0 bridgehead atoms. The standard InChI is InChI=1S/C13H12O3/c14-10-11-3-1-4-13(9-11)16-8-6-12-5-2-7-15-12/h1-5,7,9-10H,6,8H2. The van der Waals surface area contributed by atoms with Crippen LogP contribution >= 0.6 is 0 Å². The van der Waals surface area contributed by atoms with E-state index in [1.165, 1.54) is 0 Å². The van der Waals surface area contributed by atoms with E-state index in [1.807, 2.05) is 18.2 Å². The average molecular weight is 216 g/mol. The van der Waals surface area contributed by atoms with E-state index in [1.54, 1.807) is 24.5 Å². The average Bonchev–Trinajstić information content (AvgIpc) is 2.82. The van der Waals surface area contributed by atoms with Gasteiger partial charge < -0.3 is 9.15 Å². The molecule has 0 amide bonds. The van der Waals surface area contributed by atoms with E-state index in [0.717, 1.165) is 18.5 Å². The summed E-state index contributed by atoms with van der Waals surface area (Å²) in [5, 5.41) is 0. The molecule has 16 heavy (non-hydrogen) atoms. The largest absolute Gasteiger partial charge is 0.493 e. The molecule has 0 saturated carbocycles. The Labute approximate surface area is 93.7 Å². The van der Waals surface area contributed by atoms with Crippen LogP contribution in [-0.2, 0) is 6.42 Å². The lowest BCUT2D eigenvalue weighted by Gasteiger charge is -2.04. The van der Waals surface area contributed by atoms with Crippen molar-refractivity contribution in [3.05, 3.63) is 54.0 Å². The Balaban J connectivity index is 1.87. The van der Waals surface area contributed by atoms with Crippen LogP contribution in [0.5, 0.6) is 5.75 Å². The number of ether oxygens (including phenoxy) is 1. The summed E-state index contributed by atoms with van der Waals surface area (Å²) in [5.74, 6) is 1.60. The van der Waals surface area contributed by atoms with Crippen LogP contribution in [-0.4, -0.2) is 12.9 Å². The van der Waals surface area contributed by atoms with E-state index in [2.05, 4.69) is 0 Å². The van der Waals surface area contributed by atoms with Crippen LogP contribution in [0, 0.1) is 0 Å². The first-order chi connectivity index (χ1) is 7.88. The molecular formula is C13H12O3. The maximum Gasteiger partial charge on any atom is 0.150 e. The van der Waals surface area contributed by atoms with Gasteiger partial charge in [0.05, 0.1) is 12.9 Å². The SMILES string of the molecule is O=Cc1cccc(OCCc2ccco2)c1. The van der Waals surface area contributed by atoms with E-state index >= 15 is 0 Å². The molecule has 0 atom stereocenters. The third-order valence-electron chi connectivity index (χ3n) is 2.19. The van der Waals surface area contributed by atoms with Crippen LogP contribution in [0.15, 0.2) is 47.1 Å². The highest BCUT2D eigenvalue weighted by atomic mass is 16.5. The van der Waals surface area contributed by atoms with Gasteiger partial charge in [0.25, 0.3) is 0 Å². The lowest BCUT2D eigenvalue weighted by molar-refractivity contribution is 0.112. The Morgan fingerprint density at radius 2 is 2.19 bits per heavy atom. The fraction of sp³-hybridized carbons (Fsp3) is 0.154. The fourth-order valence-electron chi connectivity index (χ4n) is 1.40. The van der Waals surface area contributed by atoms with Crippen LogP contribution in [0.3, 0.4) is 0 Å². The molecule has 0 aliphatic carbocycles. The van der Waals surface area contributed by atoms with Gasteiger partial charge in [0.15, 0.2) is 0 Å². The monoisotopic (exact) mass is 216 g/mol. The molecule has 1 aromatic carbocycles. The molecule has 0 aliphatic heterocycles. The van der Waals surface area contributed by atoms with Gasteiger partial charge in [-0.15, -0.1) is 0 Å². The van der Waals surface area contributed by atoms with Crippen molar-refractivity contribution < 1.29 is 13.9 Å². The Bertz CT molecular complexity index is 446. The number of rotatable bonds is 5. The molecule has 0 fully saturated rings. The first kappa shape index (κ1) is 10.5. The number of carbonyl (C=O) groups excluding carboxylic acids is 1. The molecule has 0 radical (unpaired) electrons. The van der Waals surface area contributed by atoms with Crippen molar-refractivity contribution in [1.82, 2.24) is 0 Å². The van der Waals surface area contributed by atoms with Crippen molar-refractivity contribution in [2.75, 3.05) is 6.61 Å². The molecule has 0 saturated heterocycles. The summed E-state index contributed by atoms with van der Waals surface area (Å²) in [6, 6.07) is 10.8. The predicted octanol–water partition coefficient (Wildman–Crippen LogP) is 2.71. The first-order valence-corrected chi connectivity index (χ1v) is 5.09. The van der Waals surface area contributed by atoms with Gasteiger partial charge in [0.1, 0.15) is 17.8 Å². The van der Waals surface area contributed by atoms with E-state index < -0.39 is 0 Å². The van der Waals surface area contributed by atoms with Crippen LogP contribution in [0.4, 0.5) is 0 Å². The number of carbonyl (C=O) groups is 1. The molecule has 0 aliphatic rings. The lowest BCUT2D eigenvalue weighted by Crippen LogP contribution is -2.00. The van der Waals surface area contributed by atoms with Gasteiger partial charge in [0.2, 0.25) is 0 Å². The van der Waals surface area contributed by atoms with Crippen LogP contribution < -0.4 is 4.74 Å². The second-order valence-corrected chi connectivity index (χ2v) is 3.37. The number of hydrogen-bond acceptors (Lipinski definition) is 3. The molecular weight excluding hydrogens is 204 g/mol. The second-order valence-electron chi connectivity index (χ2n) is 3.37. The first-order valence-electron chi connectivity index (χ1n) is 5.09. The molecule has 1 aromatic heterocycles. The van der Waals surface area contributed by atoms with Gasteiger partial charge in [-0.05, 0) is 24.3 Å². The highest BCUT2D eigenvalue weighted by Crippen LogP contribution is 2.12. The molecule has 82 valence electrons. The third-order valence-corrected chi connectivity index (χ3v) is 2.19. The summed E-state index contributed by atoms with van der Waals surface area (Å²) in [6.45, 7) is 0.538. The molecule has 0 unspecified atom stereocenters. The third kappa shape index (κ3) is 2.73. The minimum absolute atomic E-state index is 0.538. The van der Waals surface area contributed by atoms with Crippen molar-refractivity contribution in [1.29, 1.82) is 0 Å². The lowest BCUT2D eigenvalue weighted by atomic mass is 10.2. The zero-order valence-electron chi connectivity index (χ0n) is 8.76. The van der Waals surface area contributed by atoms with E-state index in [9.17, 15) is 4.79 Å². The van der Waals surface area contributed by atoms with Gasteiger partial charge in [0, 0.05) is 12.0 Å². The minimum Gasteiger partial charge on any atom is -0.493 e. The van der Waals surface area contributed by atoms with Gasteiger partial charge in [-0.3, -0.25) is 4.79 Å². The van der Waals surface area contributed by atoms with Crippen LogP contribution in [0.1, 0.15) is 16.1 Å². The summed E-state index contributed by atoms with van der Waals surface area (Å²) >= 11 is 0. The number of furan rings is 1. The smallest absolute Gasteiger partial charge is 0.150 e. The number of hydrogen-bond donors (Lipinski definition) is 0. The van der Waals surface area contributed by atoms with E-state index in [-0.39, 0.29) is 0 Å². The minimum atomic E-state index is 0.538. The number of benzene rings is 1. The molecule has 2 aromatic rings. The fourth-order valence-corrected chi connectivity index (χ4v) is 1.40. The summed E-state index contributed by atoms with van der Waals surface area (Å²) in [7, 11) is 0. The highest BCUT2D eigenvalue weighted by Gasteiger charge is 1.98. The molecule has 3 heteroatoms. The molecule has 0 N–H and O–H groups in total. The Hall–Kier alpha value is -2.03. The summed E-state index contributed by atoms with van der Waals surface area (Å²) in [4.78, 5) is 10.5. The summed E-state index contributed by atoms with van der Waals surface area (Å²) in [5.41, 5.74) is 0.621. The molecule has 1 heterocycles. The van der Waals surface area contributed by atoms with Crippen molar-refractivity contribution in [2.45, 2.75) is 6.42 Å². The normalized spacial score (nSPS) is 10.0. The van der Waals surface area contributed by atoms with E-state index in [4.69, 9.17) is 9.15 Å². The van der Waals surface area contributed by atoms with Gasteiger partial charge in [-0.2, -0.15) is 0 Å². The number of aldehydes is 1. The maximum atomic E-state index is 10.5. The molecule has 2 rings (SSSR count). The highest BCUT2D eigenvalue weighted by molar-refractivity contribution is 5.75. The predicted molar refractivity (Wildman–Crippen MR) is 59.7 cm³/mol. The van der Waals surface area contributed by atoms with Crippen molar-refractivity contribution in [3.63, 3.8) is 0 Å². The molecule has 0 spiro atoms. The zero-order chi connectivity index (χ0) is 11.2. The van der Waals surface area contributed by atoms with Crippen molar-refractivity contribution in [2.24, 2.45) is 0 Å². The van der Waals surface area contributed by atoms with Crippen LogP contribution in [0.2, 0.25) is 0 Å².